The number of hydrogen-bond acceptors (Lipinski definition) is 5. The fraction of sp³-hybridized carbons (Fsp3) is 0.500. The molecule has 1 aliphatic heterocycles. The first-order valence-corrected chi connectivity index (χ1v) is 8.10. The van der Waals surface area contributed by atoms with Gasteiger partial charge in [-0.05, 0) is 33.2 Å². The number of benzene rings is 1. The maximum absolute atomic E-state index is 5.82. The SMILES string of the molecule is Cc1ccc(-c2nc(CN3CCO[C@H](CN(C)C)C3)co2)cc1. The number of ether oxygens (including phenoxy) is 1. The summed E-state index contributed by atoms with van der Waals surface area (Å²) in [4.78, 5) is 9.18. The minimum Gasteiger partial charge on any atom is -0.444 e. The molecule has 0 saturated carbocycles. The Bertz CT molecular complexity index is 621. The number of oxazole rings is 1. The molecule has 0 spiro atoms. The lowest BCUT2D eigenvalue weighted by atomic mass is 10.1. The number of rotatable bonds is 5. The van der Waals surface area contributed by atoms with Gasteiger partial charge in [0.15, 0.2) is 0 Å². The van der Waals surface area contributed by atoms with E-state index in [1.54, 1.807) is 6.26 Å². The van der Waals surface area contributed by atoms with Crippen LogP contribution >= 0.6 is 0 Å². The van der Waals surface area contributed by atoms with Gasteiger partial charge in [0.05, 0.1) is 18.4 Å². The Morgan fingerprint density at radius 2 is 2.04 bits per heavy atom. The zero-order valence-corrected chi connectivity index (χ0v) is 14.2. The highest BCUT2D eigenvalue weighted by Crippen LogP contribution is 2.20. The van der Waals surface area contributed by atoms with Crippen molar-refractivity contribution < 1.29 is 9.15 Å². The summed E-state index contributed by atoms with van der Waals surface area (Å²) in [5.74, 6) is 0.693. The van der Waals surface area contributed by atoms with E-state index in [0.29, 0.717) is 5.89 Å². The molecule has 0 aliphatic carbocycles. The molecular weight excluding hydrogens is 290 g/mol. The standard InChI is InChI=1S/C18H25N3O2/c1-14-4-6-15(7-5-14)18-19-16(13-23-18)10-21-8-9-22-17(12-21)11-20(2)3/h4-7,13,17H,8-12H2,1-3H3/t17-/m1/s1. The number of aromatic nitrogens is 1. The smallest absolute Gasteiger partial charge is 0.226 e. The molecule has 0 bridgehead atoms. The van der Waals surface area contributed by atoms with Gasteiger partial charge in [0.2, 0.25) is 5.89 Å². The van der Waals surface area contributed by atoms with Gasteiger partial charge in [-0.15, -0.1) is 0 Å². The average molecular weight is 315 g/mol. The topological polar surface area (TPSA) is 41.7 Å². The van der Waals surface area contributed by atoms with Crippen molar-refractivity contribution in [2.24, 2.45) is 0 Å². The first kappa shape index (κ1) is 16.2. The molecule has 2 heterocycles. The van der Waals surface area contributed by atoms with E-state index in [-0.39, 0.29) is 6.10 Å². The lowest BCUT2D eigenvalue weighted by molar-refractivity contribution is -0.0410. The molecule has 2 aromatic rings. The van der Waals surface area contributed by atoms with Crippen LogP contribution in [0.1, 0.15) is 11.3 Å². The fourth-order valence-corrected chi connectivity index (χ4v) is 2.88. The summed E-state index contributed by atoms with van der Waals surface area (Å²) in [6.45, 7) is 6.49. The van der Waals surface area contributed by atoms with Crippen LogP contribution in [-0.4, -0.2) is 61.2 Å². The molecule has 3 rings (SSSR count). The van der Waals surface area contributed by atoms with E-state index in [4.69, 9.17) is 9.15 Å². The molecule has 0 radical (unpaired) electrons. The van der Waals surface area contributed by atoms with Crippen LogP contribution in [0.4, 0.5) is 0 Å². The molecule has 5 heteroatoms. The first-order valence-electron chi connectivity index (χ1n) is 8.10. The molecular formula is C18H25N3O2. The van der Waals surface area contributed by atoms with Gasteiger partial charge < -0.3 is 14.1 Å². The van der Waals surface area contributed by atoms with Gasteiger partial charge in [0, 0.05) is 31.7 Å². The quantitative estimate of drug-likeness (QED) is 0.847. The van der Waals surface area contributed by atoms with E-state index in [1.165, 1.54) is 5.56 Å². The highest BCUT2D eigenvalue weighted by Gasteiger charge is 2.22. The van der Waals surface area contributed by atoms with E-state index in [2.05, 4.69) is 47.9 Å². The van der Waals surface area contributed by atoms with Crippen LogP contribution in [0.5, 0.6) is 0 Å². The Balaban J connectivity index is 1.61. The minimum atomic E-state index is 0.266. The summed E-state index contributed by atoms with van der Waals surface area (Å²) < 4.78 is 11.5. The Hall–Kier alpha value is -1.69. The largest absolute Gasteiger partial charge is 0.444 e. The Morgan fingerprint density at radius 1 is 1.26 bits per heavy atom. The van der Waals surface area contributed by atoms with Crippen LogP contribution in [0.25, 0.3) is 11.5 Å². The van der Waals surface area contributed by atoms with Crippen molar-refractivity contribution in [3.05, 3.63) is 41.8 Å². The van der Waals surface area contributed by atoms with Gasteiger partial charge in [0.25, 0.3) is 0 Å². The minimum absolute atomic E-state index is 0.266. The lowest BCUT2D eigenvalue weighted by Gasteiger charge is -2.33. The van der Waals surface area contributed by atoms with Gasteiger partial charge in [-0.1, -0.05) is 17.7 Å². The summed E-state index contributed by atoms with van der Waals surface area (Å²) >= 11 is 0. The van der Waals surface area contributed by atoms with Crippen LogP contribution in [0, 0.1) is 6.92 Å². The predicted octanol–water partition coefficient (Wildman–Crippen LogP) is 2.41. The number of aryl methyl sites for hydroxylation is 1. The van der Waals surface area contributed by atoms with Crippen LogP contribution in [0.2, 0.25) is 0 Å². The van der Waals surface area contributed by atoms with E-state index in [9.17, 15) is 0 Å². The Labute approximate surface area is 137 Å². The van der Waals surface area contributed by atoms with E-state index in [1.807, 2.05) is 12.1 Å². The normalized spacial score (nSPS) is 19.4. The van der Waals surface area contributed by atoms with Crippen molar-refractivity contribution in [3.8, 4) is 11.5 Å². The summed E-state index contributed by atoms with van der Waals surface area (Å²) in [5.41, 5.74) is 3.24. The maximum atomic E-state index is 5.82. The van der Waals surface area contributed by atoms with Crippen molar-refractivity contribution in [1.29, 1.82) is 0 Å². The van der Waals surface area contributed by atoms with Crippen molar-refractivity contribution in [2.75, 3.05) is 40.3 Å². The van der Waals surface area contributed by atoms with Crippen LogP contribution in [0.3, 0.4) is 0 Å². The molecule has 0 N–H and O–H groups in total. The van der Waals surface area contributed by atoms with Crippen LogP contribution < -0.4 is 0 Å². The lowest BCUT2D eigenvalue weighted by Crippen LogP contribution is -2.46. The van der Waals surface area contributed by atoms with Crippen molar-refractivity contribution >= 4 is 0 Å². The van der Waals surface area contributed by atoms with Gasteiger partial charge in [-0.2, -0.15) is 0 Å². The Morgan fingerprint density at radius 3 is 2.78 bits per heavy atom. The third kappa shape index (κ3) is 4.41. The van der Waals surface area contributed by atoms with E-state index >= 15 is 0 Å². The molecule has 1 aromatic heterocycles. The molecule has 0 unspecified atom stereocenters. The third-order valence-corrected chi connectivity index (χ3v) is 4.03. The number of hydrogen-bond donors (Lipinski definition) is 0. The van der Waals surface area contributed by atoms with Crippen LogP contribution in [-0.2, 0) is 11.3 Å². The molecule has 1 atom stereocenters. The highest BCUT2D eigenvalue weighted by molar-refractivity contribution is 5.53. The molecule has 1 aliphatic rings. The van der Waals surface area contributed by atoms with Crippen molar-refractivity contribution in [3.63, 3.8) is 0 Å². The summed E-state index contributed by atoms with van der Waals surface area (Å²) in [6, 6.07) is 8.25. The van der Waals surface area contributed by atoms with Gasteiger partial charge in [-0.3, -0.25) is 4.90 Å². The summed E-state index contributed by atoms with van der Waals surface area (Å²) in [7, 11) is 4.15. The average Bonchev–Trinajstić information content (AvgIpc) is 2.96. The summed E-state index contributed by atoms with van der Waals surface area (Å²) in [5, 5.41) is 0. The van der Waals surface area contributed by atoms with E-state index < -0.39 is 0 Å². The number of nitrogens with zero attached hydrogens (tertiary/aromatic N) is 3. The second-order valence-electron chi connectivity index (χ2n) is 6.50. The summed E-state index contributed by atoms with van der Waals surface area (Å²) in [6.07, 6.45) is 2.04. The number of morpholine rings is 1. The highest BCUT2D eigenvalue weighted by atomic mass is 16.5. The molecule has 1 aromatic carbocycles. The van der Waals surface area contributed by atoms with Gasteiger partial charge in [-0.25, -0.2) is 4.98 Å². The fourth-order valence-electron chi connectivity index (χ4n) is 2.88. The molecule has 1 fully saturated rings. The molecule has 0 amide bonds. The molecule has 5 nitrogen and oxygen atoms in total. The number of likely N-dealkylation sites (N-methyl/N-ethyl adjacent to an activating group) is 1. The second kappa shape index (κ2) is 7.25. The second-order valence-corrected chi connectivity index (χ2v) is 6.50. The monoisotopic (exact) mass is 315 g/mol. The zero-order chi connectivity index (χ0) is 16.2. The molecule has 1 saturated heterocycles. The first-order chi connectivity index (χ1) is 11.1. The molecule has 124 valence electrons. The maximum Gasteiger partial charge on any atom is 0.226 e. The third-order valence-electron chi connectivity index (χ3n) is 4.03. The van der Waals surface area contributed by atoms with E-state index in [0.717, 1.165) is 44.0 Å². The van der Waals surface area contributed by atoms with Crippen LogP contribution in [0.15, 0.2) is 34.9 Å². The Kier molecular flexibility index (Phi) is 5.10. The zero-order valence-electron chi connectivity index (χ0n) is 14.2. The van der Waals surface area contributed by atoms with Gasteiger partial charge >= 0.3 is 0 Å². The molecule has 23 heavy (non-hydrogen) atoms. The van der Waals surface area contributed by atoms with Gasteiger partial charge in [0.1, 0.15) is 6.26 Å². The van der Waals surface area contributed by atoms with Crippen molar-refractivity contribution in [1.82, 2.24) is 14.8 Å². The van der Waals surface area contributed by atoms with Crippen molar-refractivity contribution in [2.45, 2.75) is 19.6 Å². The predicted molar refractivity (Wildman–Crippen MR) is 90.2 cm³/mol.